The number of nitrogens with zero attached hydrogens (tertiary/aromatic N) is 1. The van der Waals surface area contributed by atoms with E-state index in [4.69, 9.17) is 9.79 Å². The Morgan fingerprint density at radius 3 is 2.39 bits per heavy atom. The third-order valence-electron chi connectivity index (χ3n) is 1.97. The van der Waals surface area contributed by atoms with E-state index in [1.165, 1.54) is 0 Å². The second-order valence-electron chi connectivity index (χ2n) is 3.12. The molecule has 0 aromatic heterocycles. The second kappa shape index (κ2) is 5.71. The quantitative estimate of drug-likeness (QED) is 0.309. The van der Waals surface area contributed by atoms with E-state index in [1.54, 1.807) is 0 Å². The second-order valence-corrected chi connectivity index (χ2v) is 5.15. The van der Waals surface area contributed by atoms with E-state index in [1.807, 2.05) is 0 Å². The molecule has 0 bridgehead atoms. The molecule has 0 aliphatic rings. The lowest BCUT2D eigenvalue weighted by atomic mass is 10.2. The summed E-state index contributed by atoms with van der Waals surface area (Å²) in [7, 11) is -7.55. The predicted molar refractivity (Wildman–Crippen MR) is 60.5 cm³/mol. The molecule has 3 unspecified atom stereocenters. The fourth-order valence-electron chi connectivity index (χ4n) is 1.18. The predicted octanol–water partition coefficient (Wildman–Crippen LogP) is 0.563. The van der Waals surface area contributed by atoms with Gasteiger partial charge in [-0.05, 0) is 0 Å². The number of hydrogen-bond acceptors (Lipinski definition) is 6. The summed E-state index contributed by atoms with van der Waals surface area (Å²) in [6.07, 6.45) is 0. The molecule has 3 atom stereocenters. The van der Waals surface area contributed by atoms with Crippen LogP contribution in [-0.4, -0.2) is 19.8 Å². The summed E-state index contributed by atoms with van der Waals surface area (Å²) in [5.41, 5.74) is -3.84. The number of benzene rings is 1. The first-order valence-electron chi connectivity index (χ1n) is 4.40. The Morgan fingerprint density at radius 1 is 1.33 bits per heavy atom. The van der Waals surface area contributed by atoms with E-state index in [-0.39, 0.29) is 0 Å². The molecule has 18 heavy (non-hydrogen) atoms. The van der Waals surface area contributed by atoms with Crippen LogP contribution in [0.2, 0.25) is 0 Å². The minimum atomic E-state index is -3.83. The first-order chi connectivity index (χ1) is 8.27. The molecule has 0 saturated heterocycles. The molecule has 0 aliphatic carbocycles. The minimum absolute atomic E-state index is 0.449. The van der Waals surface area contributed by atoms with Gasteiger partial charge < -0.3 is 14.9 Å². The highest BCUT2D eigenvalue weighted by Gasteiger charge is 2.39. The third-order valence-corrected chi connectivity index (χ3v) is 3.62. The normalized spacial score (nSPS) is 17.7. The number of non-ortho nitro benzene ring substituents is 1. The lowest BCUT2D eigenvalue weighted by molar-refractivity contribution is -0.385. The van der Waals surface area contributed by atoms with Gasteiger partial charge in [0, 0.05) is 17.7 Å². The Hall–Kier alpha value is -1.08. The lowest BCUT2D eigenvalue weighted by Crippen LogP contribution is -2.22. The van der Waals surface area contributed by atoms with Crippen LogP contribution in [0.15, 0.2) is 24.3 Å². The molecule has 1 rings (SSSR count). The summed E-state index contributed by atoms with van der Waals surface area (Å²) in [6.45, 7) is 0. The lowest BCUT2D eigenvalue weighted by Gasteiger charge is -2.23. The molecular weight excluding hydrogens is 288 g/mol. The molecule has 0 fully saturated rings. The van der Waals surface area contributed by atoms with Crippen molar-refractivity contribution in [2.24, 2.45) is 0 Å². The van der Waals surface area contributed by atoms with Crippen LogP contribution in [0.5, 0.6) is 0 Å². The third kappa shape index (κ3) is 3.23. The molecule has 0 spiro atoms. The maximum absolute atomic E-state index is 11.0. The monoisotopic (exact) mass is 297 g/mol. The Bertz CT molecular complexity index is 520. The first kappa shape index (κ1) is 15.0. The van der Waals surface area contributed by atoms with Gasteiger partial charge >= 0.3 is 8.25 Å². The van der Waals surface area contributed by atoms with Crippen molar-refractivity contribution >= 4 is 22.0 Å². The van der Waals surface area contributed by atoms with Crippen molar-refractivity contribution in [1.82, 2.24) is 0 Å². The van der Waals surface area contributed by atoms with Gasteiger partial charge in [0.05, 0.1) is 4.92 Å². The molecule has 0 saturated carbocycles. The molecular formula is C7H9NO8P2. The molecule has 100 valence electrons. The standard InChI is InChI=1S/C7H9NO8P2/c9-7(17(12)13,16-18(14)15)5-2-1-3-6(4-5)8(10)11/h1-4,9,17-18H,(H,12,13)(H,14,15). The highest BCUT2D eigenvalue weighted by atomic mass is 31.1. The van der Waals surface area contributed by atoms with E-state index in [9.17, 15) is 24.4 Å². The van der Waals surface area contributed by atoms with Gasteiger partial charge in [0.15, 0.2) is 0 Å². The number of nitro benzene ring substituents is 1. The van der Waals surface area contributed by atoms with Crippen molar-refractivity contribution < 1.29 is 33.5 Å². The zero-order valence-electron chi connectivity index (χ0n) is 8.64. The van der Waals surface area contributed by atoms with Crippen LogP contribution in [0, 0.1) is 10.1 Å². The minimum Gasteiger partial charge on any atom is -0.354 e. The highest BCUT2D eigenvalue weighted by molar-refractivity contribution is 7.40. The van der Waals surface area contributed by atoms with Gasteiger partial charge in [-0.15, -0.1) is 0 Å². The fourth-order valence-corrected chi connectivity index (χ4v) is 2.57. The molecule has 1 aromatic rings. The van der Waals surface area contributed by atoms with Gasteiger partial charge in [-0.25, -0.2) is 0 Å². The number of nitro groups is 1. The van der Waals surface area contributed by atoms with Crippen LogP contribution in [0.1, 0.15) is 5.56 Å². The van der Waals surface area contributed by atoms with Crippen molar-refractivity contribution in [2.45, 2.75) is 5.53 Å². The SMILES string of the molecule is O=[N+]([O-])c1cccc(C(O)(O[PH](=O)O)[PH](=O)O)c1. The van der Waals surface area contributed by atoms with Crippen molar-refractivity contribution in [3.05, 3.63) is 39.9 Å². The van der Waals surface area contributed by atoms with Gasteiger partial charge in [-0.1, -0.05) is 12.1 Å². The van der Waals surface area contributed by atoms with Gasteiger partial charge in [-0.3, -0.25) is 23.8 Å². The van der Waals surface area contributed by atoms with Gasteiger partial charge in [0.2, 0.25) is 0 Å². The highest BCUT2D eigenvalue weighted by Crippen LogP contribution is 2.48. The summed E-state index contributed by atoms with van der Waals surface area (Å²) in [6, 6.07) is 4.07. The molecule has 3 N–H and O–H groups in total. The average Bonchev–Trinajstić information content (AvgIpc) is 2.27. The molecule has 1 aromatic carbocycles. The Labute approximate surface area is 102 Å². The van der Waals surface area contributed by atoms with E-state index in [2.05, 4.69) is 4.52 Å². The van der Waals surface area contributed by atoms with Crippen molar-refractivity contribution in [2.75, 3.05) is 0 Å². The first-order valence-corrected chi connectivity index (χ1v) is 7.02. The largest absolute Gasteiger partial charge is 0.354 e. The average molecular weight is 297 g/mol. The molecule has 11 heteroatoms. The number of hydrogen-bond donors (Lipinski definition) is 3. The summed E-state index contributed by atoms with van der Waals surface area (Å²) >= 11 is 0. The van der Waals surface area contributed by atoms with Crippen LogP contribution in [0.25, 0.3) is 0 Å². The summed E-state index contributed by atoms with van der Waals surface area (Å²) in [4.78, 5) is 27.3. The van der Waals surface area contributed by atoms with E-state index < -0.39 is 38.0 Å². The Morgan fingerprint density at radius 2 is 1.94 bits per heavy atom. The molecule has 0 aliphatic heterocycles. The summed E-state index contributed by atoms with van der Waals surface area (Å²) in [5.74, 6) is 0. The van der Waals surface area contributed by atoms with Crippen LogP contribution >= 0.6 is 16.3 Å². The Kier molecular flexibility index (Phi) is 4.75. The van der Waals surface area contributed by atoms with Crippen LogP contribution in [0.4, 0.5) is 5.69 Å². The summed E-state index contributed by atoms with van der Waals surface area (Å²) < 4.78 is 25.7. The number of aliphatic hydroxyl groups is 1. The van der Waals surface area contributed by atoms with Gasteiger partial charge in [-0.2, -0.15) is 0 Å². The van der Waals surface area contributed by atoms with Gasteiger partial charge in [0.25, 0.3) is 19.2 Å². The smallest absolute Gasteiger partial charge is 0.319 e. The van der Waals surface area contributed by atoms with Crippen LogP contribution in [0.3, 0.4) is 0 Å². The number of rotatable bonds is 5. The zero-order valence-corrected chi connectivity index (χ0v) is 10.6. The maximum atomic E-state index is 11.0. The van der Waals surface area contributed by atoms with E-state index >= 15 is 0 Å². The van der Waals surface area contributed by atoms with Crippen molar-refractivity contribution in [3.63, 3.8) is 0 Å². The van der Waals surface area contributed by atoms with Crippen molar-refractivity contribution in [1.29, 1.82) is 0 Å². The molecule has 0 heterocycles. The maximum Gasteiger partial charge on any atom is 0.319 e. The van der Waals surface area contributed by atoms with Gasteiger partial charge in [0.1, 0.15) is 0 Å². The zero-order chi connectivity index (χ0) is 13.9. The Balaban J connectivity index is 3.30. The topological polar surface area (TPSA) is 147 Å². The van der Waals surface area contributed by atoms with E-state index in [0.717, 1.165) is 24.3 Å². The van der Waals surface area contributed by atoms with Crippen LogP contribution < -0.4 is 0 Å². The van der Waals surface area contributed by atoms with Crippen LogP contribution in [-0.2, 0) is 19.2 Å². The van der Waals surface area contributed by atoms with Crippen molar-refractivity contribution in [3.8, 4) is 0 Å². The van der Waals surface area contributed by atoms with E-state index in [0.29, 0.717) is 0 Å². The fraction of sp³-hybridized carbons (Fsp3) is 0.143. The summed E-state index contributed by atoms with van der Waals surface area (Å²) in [5, 5.41) is 20.3. The molecule has 0 radical (unpaired) electrons. The molecule has 9 nitrogen and oxygen atoms in total. The molecule has 0 amide bonds.